The number of thioether (sulfide) groups is 1. The molecule has 1 atom stereocenters. The largest absolute Gasteiger partial charge is 0.493 e. The van der Waals surface area contributed by atoms with Gasteiger partial charge in [-0.1, -0.05) is 30.3 Å². The molecule has 3 rings (SSSR count). The first-order valence-electron chi connectivity index (χ1n) is 8.63. The van der Waals surface area contributed by atoms with Crippen LogP contribution in [0.4, 0.5) is 0 Å². The van der Waals surface area contributed by atoms with Crippen LogP contribution >= 0.6 is 34.4 Å². The van der Waals surface area contributed by atoms with Crippen molar-refractivity contribution >= 4 is 34.4 Å². The molecule has 0 aromatic heterocycles. The van der Waals surface area contributed by atoms with E-state index in [1.165, 1.54) is 10.5 Å². The summed E-state index contributed by atoms with van der Waals surface area (Å²) >= 11 is 4.02. The molecule has 27 heavy (non-hydrogen) atoms. The third-order valence-corrected chi connectivity index (χ3v) is 6.03. The Kier molecular flexibility index (Phi) is 7.43. The third kappa shape index (κ3) is 5.64. The lowest BCUT2D eigenvalue weighted by Gasteiger charge is -2.17. The van der Waals surface area contributed by atoms with Crippen LogP contribution in [0.3, 0.4) is 0 Å². The molecule has 5 heteroatoms. The van der Waals surface area contributed by atoms with Crippen LogP contribution in [-0.2, 0) is 0 Å². The van der Waals surface area contributed by atoms with Crippen LogP contribution in [0.1, 0.15) is 17.2 Å². The fourth-order valence-corrected chi connectivity index (χ4v) is 4.30. The van der Waals surface area contributed by atoms with Crippen molar-refractivity contribution in [3.05, 3.63) is 81.9 Å². The maximum atomic E-state index is 9.46. The summed E-state index contributed by atoms with van der Waals surface area (Å²) in [5.41, 5.74) is 1.17. The first-order chi connectivity index (χ1) is 13.2. The number of hydrogen-bond acceptors (Lipinski definition) is 4. The van der Waals surface area contributed by atoms with Crippen molar-refractivity contribution < 1.29 is 14.6 Å². The number of methoxy groups -OCH3 is 1. The van der Waals surface area contributed by atoms with Gasteiger partial charge in [0.05, 0.1) is 7.11 Å². The fraction of sp³-hybridized carbons (Fsp3) is 0.182. The fourth-order valence-electron chi connectivity index (χ4n) is 2.68. The van der Waals surface area contributed by atoms with E-state index in [4.69, 9.17) is 9.47 Å². The molecule has 0 spiro atoms. The van der Waals surface area contributed by atoms with Crippen LogP contribution in [0.5, 0.6) is 17.2 Å². The average Bonchev–Trinajstić information content (AvgIpc) is 2.69. The molecule has 0 bridgehead atoms. The number of benzene rings is 3. The second kappa shape index (κ2) is 10.0. The van der Waals surface area contributed by atoms with Gasteiger partial charge in [-0.05, 0) is 77.0 Å². The highest BCUT2D eigenvalue weighted by Crippen LogP contribution is 2.39. The van der Waals surface area contributed by atoms with Gasteiger partial charge in [0.1, 0.15) is 5.75 Å². The number of hydrogen-bond donors (Lipinski definition) is 1. The van der Waals surface area contributed by atoms with Crippen LogP contribution in [0.2, 0.25) is 0 Å². The molecule has 0 aliphatic heterocycles. The molecule has 0 amide bonds. The van der Waals surface area contributed by atoms with E-state index in [-0.39, 0.29) is 11.9 Å². The standard InChI is InChI=1S/C22H21IO3S/c1-25-20-12-9-17(23)15-21(20)26-18-10-7-16(8-11-18)22(13-14-24)27-19-5-3-2-4-6-19/h2-12,15,22,24H,13-14H2,1H3. The summed E-state index contributed by atoms with van der Waals surface area (Å²) in [5.74, 6) is 2.16. The molecule has 1 N–H and O–H groups in total. The second-order valence-corrected chi connectivity index (χ2v) is 8.42. The Labute approximate surface area is 177 Å². The molecule has 0 saturated carbocycles. The van der Waals surface area contributed by atoms with E-state index in [0.29, 0.717) is 17.9 Å². The molecule has 0 heterocycles. The molecular weight excluding hydrogens is 471 g/mol. The number of halogens is 1. The smallest absolute Gasteiger partial charge is 0.170 e. The van der Waals surface area contributed by atoms with Crippen molar-refractivity contribution in [3.63, 3.8) is 0 Å². The minimum atomic E-state index is 0.155. The normalized spacial score (nSPS) is 11.8. The zero-order valence-electron chi connectivity index (χ0n) is 15.0. The molecule has 1 unspecified atom stereocenters. The van der Waals surface area contributed by atoms with Crippen molar-refractivity contribution in [2.75, 3.05) is 13.7 Å². The van der Waals surface area contributed by atoms with Gasteiger partial charge in [0.2, 0.25) is 0 Å². The van der Waals surface area contributed by atoms with E-state index in [0.717, 1.165) is 9.32 Å². The third-order valence-electron chi connectivity index (χ3n) is 4.02. The number of ether oxygens (including phenoxy) is 2. The summed E-state index contributed by atoms with van der Waals surface area (Å²) in [6.45, 7) is 0.155. The van der Waals surface area contributed by atoms with Crippen molar-refractivity contribution in [3.8, 4) is 17.2 Å². The Morgan fingerprint density at radius 2 is 1.70 bits per heavy atom. The number of aliphatic hydroxyl groups is 1. The predicted octanol–water partition coefficient (Wildman–Crippen LogP) is 6.31. The van der Waals surface area contributed by atoms with E-state index in [1.54, 1.807) is 18.9 Å². The molecule has 3 aromatic carbocycles. The summed E-state index contributed by atoms with van der Waals surface area (Å²) in [6.07, 6.45) is 0.699. The van der Waals surface area contributed by atoms with E-state index < -0.39 is 0 Å². The Morgan fingerprint density at radius 3 is 2.37 bits per heavy atom. The molecular formula is C22H21IO3S. The maximum absolute atomic E-state index is 9.46. The van der Waals surface area contributed by atoms with Gasteiger partial charge < -0.3 is 14.6 Å². The van der Waals surface area contributed by atoms with E-state index in [1.807, 2.05) is 48.5 Å². The zero-order valence-corrected chi connectivity index (χ0v) is 17.9. The van der Waals surface area contributed by atoms with Gasteiger partial charge in [0, 0.05) is 20.3 Å². The highest BCUT2D eigenvalue weighted by atomic mass is 127. The molecule has 0 saturated heterocycles. The van der Waals surface area contributed by atoms with E-state index >= 15 is 0 Å². The summed E-state index contributed by atoms with van der Waals surface area (Å²) in [4.78, 5) is 1.19. The van der Waals surface area contributed by atoms with Gasteiger partial charge in [-0.3, -0.25) is 0 Å². The summed E-state index contributed by atoms with van der Waals surface area (Å²) in [6, 6.07) is 24.1. The molecule has 3 nitrogen and oxygen atoms in total. The summed E-state index contributed by atoms with van der Waals surface area (Å²) in [5, 5.41) is 9.65. The molecule has 0 aliphatic carbocycles. The van der Waals surface area contributed by atoms with Gasteiger partial charge in [-0.25, -0.2) is 0 Å². The van der Waals surface area contributed by atoms with Crippen LogP contribution < -0.4 is 9.47 Å². The molecule has 0 radical (unpaired) electrons. The number of aliphatic hydroxyl groups excluding tert-OH is 1. The Balaban J connectivity index is 1.76. The second-order valence-electron chi connectivity index (χ2n) is 5.90. The van der Waals surface area contributed by atoms with Crippen LogP contribution in [-0.4, -0.2) is 18.8 Å². The predicted molar refractivity (Wildman–Crippen MR) is 119 cm³/mol. The molecule has 0 fully saturated rings. The Morgan fingerprint density at radius 1 is 0.963 bits per heavy atom. The van der Waals surface area contributed by atoms with Crippen molar-refractivity contribution in [1.29, 1.82) is 0 Å². The molecule has 3 aromatic rings. The SMILES string of the molecule is COc1ccc(I)cc1Oc1ccc(C(CCO)Sc2ccccc2)cc1. The first-order valence-corrected chi connectivity index (χ1v) is 10.6. The lowest BCUT2D eigenvalue weighted by Crippen LogP contribution is -1.98. The summed E-state index contributed by atoms with van der Waals surface area (Å²) in [7, 11) is 1.64. The van der Waals surface area contributed by atoms with Gasteiger partial charge in [0.25, 0.3) is 0 Å². The van der Waals surface area contributed by atoms with Crippen LogP contribution in [0, 0.1) is 3.57 Å². The highest BCUT2D eigenvalue weighted by Gasteiger charge is 2.14. The topological polar surface area (TPSA) is 38.7 Å². The van der Waals surface area contributed by atoms with Crippen molar-refractivity contribution in [2.45, 2.75) is 16.6 Å². The Hall–Kier alpha value is -1.70. The first kappa shape index (κ1) is 20.0. The Bertz CT molecular complexity index is 853. The maximum Gasteiger partial charge on any atom is 0.170 e. The number of rotatable bonds is 8. The lowest BCUT2D eigenvalue weighted by molar-refractivity contribution is 0.287. The minimum Gasteiger partial charge on any atom is -0.493 e. The van der Waals surface area contributed by atoms with Crippen molar-refractivity contribution in [1.82, 2.24) is 0 Å². The highest BCUT2D eigenvalue weighted by molar-refractivity contribution is 14.1. The van der Waals surface area contributed by atoms with Gasteiger partial charge in [-0.2, -0.15) is 0 Å². The monoisotopic (exact) mass is 492 g/mol. The zero-order chi connectivity index (χ0) is 19.1. The van der Waals surface area contributed by atoms with E-state index in [9.17, 15) is 5.11 Å². The summed E-state index contributed by atoms with van der Waals surface area (Å²) < 4.78 is 12.5. The van der Waals surface area contributed by atoms with Crippen LogP contribution in [0.15, 0.2) is 77.7 Å². The van der Waals surface area contributed by atoms with E-state index in [2.05, 4.69) is 46.9 Å². The lowest BCUT2D eigenvalue weighted by atomic mass is 10.1. The van der Waals surface area contributed by atoms with Gasteiger partial charge >= 0.3 is 0 Å². The molecule has 0 aliphatic rings. The van der Waals surface area contributed by atoms with Crippen molar-refractivity contribution in [2.24, 2.45) is 0 Å². The van der Waals surface area contributed by atoms with Gasteiger partial charge in [0.15, 0.2) is 11.5 Å². The average molecular weight is 492 g/mol. The van der Waals surface area contributed by atoms with Gasteiger partial charge in [-0.15, -0.1) is 11.8 Å². The molecule has 140 valence electrons. The quantitative estimate of drug-likeness (QED) is 0.296. The van der Waals surface area contributed by atoms with Crippen LogP contribution in [0.25, 0.3) is 0 Å². The minimum absolute atomic E-state index is 0.155.